The van der Waals surface area contributed by atoms with Crippen LogP contribution in [0, 0.1) is 27.7 Å². The molecule has 0 aliphatic heterocycles. The summed E-state index contributed by atoms with van der Waals surface area (Å²) in [4.78, 5) is 9.21. The minimum atomic E-state index is -3.77. The summed E-state index contributed by atoms with van der Waals surface area (Å²) >= 11 is 0. The van der Waals surface area contributed by atoms with Crippen LogP contribution in [0.4, 0.5) is 28.8 Å². The Morgan fingerprint density at radius 1 is 0.722 bits per heavy atom. The van der Waals surface area contributed by atoms with E-state index in [2.05, 4.69) is 25.3 Å². The number of rotatable bonds is 8. The molecule has 1 aromatic heterocycles. The number of ether oxygens (including phenoxy) is 1. The molecule has 0 radical (unpaired) electrons. The molecule has 0 saturated heterocycles. The lowest BCUT2D eigenvalue weighted by atomic mass is 10.1. The van der Waals surface area contributed by atoms with Crippen molar-refractivity contribution in [3.05, 3.63) is 89.1 Å². The number of nitrogens with zero attached hydrogens (tertiary/aromatic N) is 2. The van der Waals surface area contributed by atoms with Crippen LogP contribution in [0.2, 0.25) is 0 Å². The molecule has 0 unspecified atom stereocenters. The highest BCUT2D eigenvalue weighted by molar-refractivity contribution is 7.92. The SMILES string of the molecule is COc1cc(C)c(S(=O)(=O)Nc2ccc(Nc3nc(C)cc(Nc4ccc(C)cc4)n3)cc2)cc1C. The molecule has 4 aromatic rings. The van der Waals surface area contributed by atoms with Gasteiger partial charge in [0, 0.05) is 28.8 Å². The number of nitrogens with one attached hydrogen (secondary N) is 3. The molecule has 1 heterocycles. The van der Waals surface area contributed by atoms with Gasteiger partial charge in [-0.2, -0.15) is 4.98 Å². The lowest BCUT2D eigenvalue weighted by molar-refractivity contribution is 0.411. The van der Waals surface area contributed by atoms with E-state index in [-0.39, 0.29) is 4.90 Å². The Balaban J connectivity index is 1.48. The van der Waals surface area contributed by atoms with Gasteiger partial charge in [-0.1, -0.05) is 17.7 Å². The largest absolute Gasteiger partial charge is 0.496 e. The van der Waals surface area contributed by atoms with E-state index < -0.39 is 10.0 Å². The van der Waals surface area contributed by atoms with Crippen LogP contribution < -0.4 is 20.1 Å². The number of hydrogen-bond donors (Lipinski definition) is 3. The molecule has 0 fully saturated rings. The van der Waals surface area contributed by atoms with Crippen LogP contribution >= 0.6 is 0 Å². The van der Waals surface area contributed by atoms with E-state index >= 15 is 0 Å². The van der Waals surface area contributed by atoms with Gasteiger partial charge >= 0.3 is 0 Å². The minimum Gasteiger partial charge on any atom is -0.496 e. The van der Waals surface area contributed by atoms with Gasteiger partial charge in [0.25, 0.3) is 10.0 Å². The monoisotopic (exact) mass is 503 g/mol. The number of aryl methyl sites for hydroxylation is 4. The minimum absolute atomic E-state index is 0.213. The molecule has 0 saturated carbocycles. The van der Waals surface area contributed by atoms with E-state index in [1.165, 1.54) is 5.56 Å². The molecule has 0 atom stereocenters. The Morgan fingerprint density at radius 3 is 2.00 bits per heavy atom. The summed E-state index contributed by atoms with van der Waals surface area (Å²) < 4.78 is 33.9. The van der Waals surface area contributed by atoms with E-state index in [4.69, 9.17) is 4.74 Å². The summed E-state index contributed by atoms with van der Waals surface area (Å²) in [7, 11) is -2.20. The number of sulfonamides is 1. The van der Waals surface area contributed by atoms with Gasteiger partial charge in [-0.25, -0.2) is 13.4 Å². The van der Waals surface area contributed by atoms with Gasteiger partial charge in [-0.05, 0) is 87.4 Å². The molecule has 0 aliphatic rings. The normalized spacial score (nSPS) is 11.1. The van der Waals surface area contributed by atoms with E-state index in [0.717, 1.165) is 22.6 Å². The molecule has 186 valence electrons. The van der Waals surface area contributed by atoms with Gasteiger partial charge in [0.05, 0.1) is 12.0 Å². The van der Waals surface area contributed by atoms with Crippen LogP contribution in [-0.4, -0.2) is 25.5 Å². The fraction of sp³-hybridized carbons (Fsp3) is 0.185. The van der Waals surface area contributed by atoms with Crippen LogP contribution in [0.1, 0.15) is 22.4 Å². The Bertz CT molecular complexity index is 1490. The maximum atomic E-state index is 13.0. The molecule has 0 bridgehead atoms. The maximum Gasteiger partial charge on any atom is 0.262 e. The molecular formula is C27H29N5O3S. The number of methoxy groups -OCH3 is 1. The standard InChI is InChI=1S/C27H29N5O3S/c1-17-6-8-21(9-7-17)29-26-16-20(4)28-27(31-26)30-22-10-12-23(13-11-22)32-36(33,34)25-15-18(2)24(35-5)14-19(25)3/h6-16,32H,1-5H3,(H2,28,29,30,31). The zero-order valence-electron chi connectivity index (χ0n) is 20.9. The fourth-order valence-electron chi connectivity index (χ4n) is 3.71. The number of aromatic nitrogens is 2. The molecule has 3 N–H and O–H groups in total. The first-order valence-corrected chi connectivity index (χ1v) is 12.9. The molecule has 0 amide bonds. The molecular weight excluding hydrogens is 474 g/mol. The zero-order chi connectivity index (χ0) is 25.9. The summed E-state index contributed by atoms with van der Waals surface area (Å²) in [5.74, 6) is 1.75. The van der Waals surface area contributed by atoms with Crippen LogP contribution in [0.3, 0.4) is 0 Å². The number of anilines is 5. The predicted octanol–water partition coefficient (Wildman–Crippen LogP) is 6.01. The smallest absolute Gasteiger partial charge is 0.262 e. The van der Waals surface area contributed by atoms with Crippen molar-refractivity contribution in [2.24, 2.45) is 0 Å². The van der Waals surface area contributed by atoms with Crippen molar-refractivity contribution in [2.45, 2.75) is 32.6 Å². The van der Waals surface area contributed by atoms with Gasteiger partial charge < -0.3 is 15.4 Å². The Kier molecular flexibility index (Phi) is 7.12. The van der Waals surface area contributed by atoms with Crippen LogP contribution in [0.25, 0.3) is 0 Å². The summed E-state index contributed by atoms with van der Waals surface area (Å²) in [6.45, 7) is 7.49. The Labute approximate surface area is 211 Å². The molecule has 8 nitrogen and oxygen atoms in total. The molecule has 0 spiro atoms. The van der Waals surface area contributed by atoms with Crippen molar-refractivity contribution < 1.29 is 13.2 Å². The van der Waals surface area contributed by atoms with E-state index in [1.54, 1.807) is 50.4 Å². The molecule has 4 rings (SSSR count). The average Bonchev–Trinajstić information content (AvgIpc) is 2.82. The van der Waals surface area contributed by atoms with E-state index in [0.29, 0.717) is 28.8 Å². The van der Waals surface area contributed by atoms with Crippen molar-refractivity contribution >= 4 is 38.9 Å². The second-order valence-electron chi connectivity index (χ2n) is 8.60. The summed E-state index contributed by atoms with van der Waals surface area (Å²) in [5, 5.41) is 6.47. The third-order valence-electron chi connectivity index (χ3n) is 5.55. The van der Waals surface area contributed by atoms with Gasteiger partial charge in [0.15, 0.2) is 0 Å². The predicted molar refractivity (Wildman–Crippen MR) is 144 cm³/mol. The summed E-state index contributed by atoms with van der Waals surface area (Å²) in [6, 6.07) is 20.2. The first kappa shape index (κ1) is 25.0. The lowest BCUT2D eigenvalue weighted by Crippen LogP contribution is -2.14. The van der Waals surface area contributed by atoms with Gasteiger partial charge in [0.1, 0.15) is 11.6 Å². The highest BCUT2D eigenvalue weighted by Crippen LogP contribution is 2.28. The fourth-order valence-corrected chi connectivity index (χ4v) is 5.08. The summed E-state index contributed by atoms with van der Waals surface area (Å²) in [5.41, 5.74) is 5.44. The highest BCUT2D eigenvalue weighted by Gasteiger charge is 2.19. The quantitative estimate of drug-likeness (QED) is 0.270. The maximum absolute atomic E-state index is 13.0. The van der Waals surface area contributed by atoms with Crippen molar-refractivity contribution in [1.29, 1.82) is 0 Å². The number of benzene rings is 3. The van der Waals surface area contributed by atoms with Crippen LogP contribution in [-0.2, 0) is 10.0 Å². The van der Waals surface area contributed by atoms with Crippen molar-refractivity contribution in [1.82, 2.24) is 9.97 Å². The van der Waals surface area contributed by atoms with Crippen molar-refractivity contribution in [3.8, 4) is 5.75 Å². The van der Waals surface area contributed by atoms with Crippen LogP contribution in [0.15, 0.2) is 71.6 Å². The molecule has 0 aliphatic carbocycles. The van der Waals surface area contributed by atoms with E-state index in [9.17, 15) is 8.42 Å². The topological polar surface area (TPSA) is 105 Å². The Morgan fingerprint density at radius 2 is 1.33 bits per heavy atom. The van der Waals surface area contributed by atoms with E-state index in [1.807, 2.05) is 51.1 Å². The average molecular weight is 504 g/mol. The van der Waals surface area contributed by atoms with Crippen molar-refractivity contribution in [3.63, 3.8) is 0 Å². The van der Waals surface area contributed by atoms with Crippen molar-refractivity contribution in [2.75, 3.05) is 22.5 Å². The van der Waals surface area contributed by atoms with Gasteiger partial charge in [-0.15, -0.1) is 0 Å². The first-order valence-electron chi connectivity index (χ1n) is 11.4. The zero-order valence-corrected chi connectivity index (χ0v) is 21.7. The second-order valence-corrected chi connectivity index (χ2v) is 10.3. The molecule has 36 heavy (non-hydrogen) atoms. The summed E-state index contributed by atoms with van der Waals surface area (Å²) in [6.07, 6.45) is 0. The van der Waals surface area contributed by atoms with Crippen LogP contribution in [0.5, 0.6) is 5.75 Å². The van der Waals surface area contributed by atoms with Gasteiger partial charge in [-0.3, -0.25) is 4.72 Å². The number of hydrogen-bond acceptors (Lipinski definition) is 7. The molecule has 3 aromatic carbocycles. The lowest BCUT2D eigenvalue weighted by Gasteiger charge is -2.14. The first-order chi connectivity index (χ1) is 17.1. The van der Waals surface area contributed by atoms with Gasteiger partial charge in [0.2, 0.25) is 5.95 Å². The molecule has 9 heteroatoms. The third-order valence-corrected chi connectivity index (χ3v) is 7.08. The Hall–Kier alpha value is -4.11. The second kappa shape index (κ2) is 10.2. The third kappa shape index (κ3) is 5.92. The highest BCUT2D eigenvalue weighted by atomic mass is 32.2.